The molecule has 6 heteroatoms. The summed E-state index contributed by atoms with van der Waals surface area (Å²) in [7, 11) is 0. The monoisotopic (exact) mass is 332 g/mol. The SMILES string of the molecule is CC(C)C(=O)Nc1ccc(C(=O)N2CCC[C@H](C(=O)O)[C@@H]2C)cc1. The highest BCUT2D eigenvalue weighted by Gasteiger charge is 2.35. The fourth-order valence-corrected chi connectivity index (χ4v) is 2.91. The zero-order valence-corrected chi connectivity index (χ0v) is 14.3. The molecule has 6 nitrogen and oxygen atoms in total. The maximum atomic E-state index is 12.7. The van der Waals surface area contributed by atoms with Crippen LogP contribution in [0.4, 0.5) is 5.69 Å². The second-order valence-electron chi connectivity index (χ2n) is 6.55. The lowest BCUT2D eigenvalue weighted by Gasteiger charge is -2.37. The second kappa shape index (κ2) is 7.47. The largest absolute Gasteiger partial charge is 0.481 e. The Labute approximate surface area is 141 Å². The van der Waals surface area contributed by atoms with Gasteiger partial charge in [-0.3, -0.25) is 14.4 Å². The molecular formula is C18H24N2O4. The Bertz CT molecular complexity index is 624. The zero-order chi connectivity index (χ0) is 17.9. The first-order chi connectivity index (χ1) is 11.3. The number of aliphatic carboxylic acids is 1. The number of hydrogen-bond acceptors (Lipinski definition) is 3. The highest BCUT2D eigenvalue weighted by atomic mass is 16.4. The van der Waals surface area contributed by atoms with Crippen molar-refractivity contribution < 1.29 is 19.5 Å². The third-order valence-electron chi connectivity index (χ3n) is 4.49. The number of carboxylic acids is 1. The van der Waals surface area contributed by atoms with Gasteiger partial charge in [0.05, 0.1) is 5.92 Å². The van der Waals surface area contributed by atoms with Crippen molar-refractivity contribution in [3.05, 3.63) is 29.8 Å². The first kappa shape index (κ1) is 18.0. The van der Waals surface area contributed by atoms with E-state index in [4.69, 9.17) is 0 Å². The minimum atomic E-state index is -0.855. The number of hydrogen-bond donors (Lipinski definition) is 2. The van der Waals surface area contributed by atoms with E-state index in [9.17, 15) is 19.5 Å². The number of likely N-dealkylation sites (tertiary alicyclic amines) is 1. The molecular weight excluding hydrogens is 308 g/mol. The van der Waals surface area contributed by atoms with Gasteiger partial charge in [-0.1, -0.05) is 13.8 Å². The number of nitrogens with zero attached hydrogens (tertiary/aromatic N) is 1. The third kappa shape index (κ3) is 3.93. The molecule has 2 rings (SSSR count). The van der Waals surface area contributed by atoms with Crippen molar-refractivity contribution in [1.29, 1.82) is 0 Å². The number of anilines is 1. The first-order valence-electron chi connectivity index (χ1n) is 8.26. The normalized spacial score (nSPS) is 20.8. The molecule has 130 valence electrons. The van der Waals surface area contributed by atoms with Gasteiger partial charge in [0.15, 0.2) is 0 Å². The van der Waals surface area contributed by atoms with Gasteiger partial charge in [0.1, 0.15) is 0 Å². The van der Waals surface area contributed by atoms with Crippen molar-refractivity contribution in [1.82, 2.24) is 4.90 Å². The maximum absolute atomic E-state index is 12.7. The van der Waals surface area contributed by atoms with E-state index in [2.05, 4.69) is 5.32 Å². The predicted molar refractivity (Wildman–Crippen MR) is 90.8 cm³/mol. The molecule has 0 bridgehead atoms. The molecule has 1 saturated heterocycles. The molecule has 1 aliphatic rings. The van der Waals surface area contributed by atoms with Crippen molar-refractivity contribution in [3.8, 4) is 0 Å². The standard InChI is InChI=1S/C18H24N2O4/c1-11(2)16(21)19-14-8-6-13(7-9-14)17(22)20-10-4-5-15(12(20)3)18(23)24/h6-9,11-12,15H,4-5,10H2,1-3H3,(H,19,21)(H,23,24)/t12-,15-/m0/s1. The first-order valence-corrected chi connectivity index (χ1v) is 8.26. The summed E-state index contributed by atoms with van der Waals surface area (Å²) in [6.45, 7) is 5.97. The average molecular weight is 332 g/mol. The van der Waals surface area contributed by atoms with Crippen LogP contribution in [0.5, 0.6) is 0 Å². The van der Waals surface area contributed by atoms with Gasteiger partial charge in [0.2, 0.25) is 5.91 Å². The number of rotatable bonds is 4. The van der Waals surface area contributed by atoms with Gasteiger partial charge in [-0.05, 0) is 44.0 Å². The number of carbonyl (C=O) groups is 3. The van der Waals surface area contributed by atoms with Crippen molar-refractivity contribution in [2.45, 2.75) is 39.7 Å². The highest BCUT2D eigenvalue weighted by molar-refractivity contribution is 5.96. The molecule has 1 fully saturated rings. The molecule has 1 aliphatic heterocycles. The summed E-state index contributed by atoms with van der Waals surface area (Å²) in [5.74, 6) is -1.74. The van der Waals surface area contributed by atoms with E-state index >= 15 is 0 Å². The average Bonchev–Trinajstić information content (AvgIpc) is 2.54. The second-order valence-corrected chi connectivity index (χ2v) is 6.55. The lowest BCUT2D eigenvalue weighted by molar-refractivity contribution is -0.145. The Kier molecular flexibility index (Phi) is 5.59. The van der Waals surface area contributed by atoms with Gasteiger partial charge in [-0.2, -0.15) is 0 Å². The number of carbonyl (C=O) groups excluding carboxylic acids is 2. The fraction of sp³-hybridized carbons (Fsp3) is 0.500. The molecule has 1 aromatic rings. The molecule has 24 heavy (non-hydrogen) atoms. The van der Waals surface area contributed by atoms with Crippen molar-refractivity contribution in [2.75, 3.05) is 11.9 Å². The summed E-state index contributed by atoms with van der Waals surface area (Å²) in [5.41, 5.74) is 1.13. The van der Waals surface area contributed by atoms with Crippen molar-refractivity contribution >= 4 is 23.5 Å². The molecule has 2 atom stereocenters. The summed E-state index contributed by atoms with van der Waals surface area (Å²) in [4.78, 5) is 37.3. The molecule has 2 amide bonds. The summed E-state index contributed by atoms with van der Waals surface area (Å²) in [5, 5.41) is 12.0. The van der Waals surface area contributed by atoms with Gasteiger partial charge >= 0.3 is 5.97 Å². The van der Waals surface area contributed by atoms with E-state index in [-0.39, 0.29) is 23.8 Å². The zero-order valence-electron chi connectivity index (χ0n) is 14.3. The Morgan fingerprint density at radius 2 is 1.83 bits per heavy atom. The van der Waals surface area contributed by atoms with E-state index in [0.29, 0.717) is 30.6 Å². The fourth-order valence-electron chi connectivity index (χ4n) is 2.91. The maximum Gasteiger partial charge on any atom is 0.308 e. The molecule has 0 unspecified atom stereocenters. The smallest absolute Gasteiger partial charge is 0.308 e. The Morgan fingerprint density at radius 1 is 1.21 bits per heavy atom. The van der Waals surface area contributed by atoms with Gasteiger partial charge in [-0.15, -0.1) is 0 Å². The van der Waals surface area contributed by atoms with E-state index in [1.54, 1.807) is 36.1 Å². The highest BCUT2D eigenvalue weighted by Crippen LogP contribution is 2.25. The van der Waals surface area contributed by atoms with Gasteiger partial charge in [0, 0.05) is 29.8 Å². The minimum absolute atomic E-state index is 0.0805. The van der Waals surface area contributed by atoms with Crippen molar-refractivity contribution in [3.63, 3.8) is 0 Å². The number of amides is 2. The van der Waals surface area contributed by atoms with E-state index < -0.39 is 11.9 Å². The quantitative estimate of drug-likeness (QED) is 0.887. The van der Waals surface area contributed by atoms with Crippen molar-refractivity contribution in [2.24, 2.45) is 11.8 Å². The van der Waals surface area contributed by atoms with Gasteiger partial charge < -0.3 is 15.3 Å². The van der Waals surface area contributed by atoms with Crippen LogP contribution in [0.25, 0.3) is 0 Å². The predicted octanol–water partition coefficient (Wildman–Crippen LogP) is 2.61. The lowest BCUT2D eigenvalue weighted by Crippen LogP contribution is -2.49. The van der Waals surface area contributed by atoms with Crippen LogP contribution >= 0.6 is 0 Å². The number of piperidine rings is 1. The molecule has 1 aromatic carbocycles. The Morgan fingerprint density at radius 3 is 2.38 bits per heavy atom. The molecule has 0 spiro atoms. The number of nitrogens with one attached hydrogen (secondary N) is 1. The topological polar surface area (TPSA) is 86.7 Å². The van der Waals surface area contributed by atoms with Crippen LogP contribution in [0.1, 0.15) is 44.0 Å². The molecule has 0 saturated carbocycles. The van der Waals surface area contributed by atoms with Crippen LogP contribution < -0.4 is 5.32 Å². The van der Waals surface area contributed by atoms with Gasteiger partial charge in [0.25, 0.3) is 5.91 Å². The van der Waals surface area contributed by atoms with Crippen LogP contribution in [0.2, 0.25) is 0 Å². The Balaban J connectivity index is 2.09. The van der Waals surface area contributed by atoms with Crippen LogP contribution in [-0.2, 0) is 9.59 Å². The summed E-state index contributed by atoms with van der Waals surface area (Å²) in [6, 6.07) is 6.38. The Hall–Kier alpha value is -2.37. The minimum Gasteiger partial charge on any atom is -0.481 e. The molecule has 0 radical (unpaired) electrons. The molecule has 2 N–H and O–H groups in total. The van der Waals surface area contributed by atoms with Crippen LogP contribution in [0.15, 0.2) is 24.3 Å². The summed E-state index contributed by atoms with van der Waals surface area (Å²) < 4.78 is 0. The van der Waals surface area contributed by atoms with Gasteiger partial charge in [-0.25, -0.2) is 0 Å². The lowest BCUT2D eigenvalue weighted by atomic mass is 9.90. The molecule has 1 heterocycles. The van der Waals surface area contributed by atoms with Crippen LogP contribution in [0, 0.1) is 11.8 Å². The van der Waals surface area contributed by atoms with Crippen LogP contribution in [0.3, 0.4) is 0 Å². The number of benzene rings is 1. The van der Waals surface area contributed by atoms with E-state index in [1.807, 2.05) is 13.8 Å². The van der Waals surface area contributed by atoms with E-state index in [1.165, 1.54) is 0 Å². The summed E-state index contributed by atoms with van der Waals surface area (Å²) >= 11 is 0. The van der Waals surface area contributed by atoms with Crippen LogP contribution in [-0.4, -0.2) is 40.4 Å². The van der Waals surface area contributed by atoms with E-state index in [0.717, 1.165) is 0 Å². The molecule has 0 aromatic heterocycles. The summed E-state index contributed by atoms with van der Waals surface area (Å²) in [6.07, 6.45) is 1.29. The molecule has 0 aliphatic carbocycles. The number of carboxylic acid groups (broad SMARTS) is 1. The third-order valence-corrected chi connectivity index (χ3v) is 4.49.